The van der Waals surface area contributed by atoms with E-state index in [0.717, 1.165) is 25.9 Å². The number of alkyl carbamates (subject to hydrolysis) is 1. The lowest BCUT2D eigenvalue weighted by Crippen LogP contribution is -2.51. The van der Waals surface area contributed by atoms with Crippen molar-refractivity contribution in [1.82, 2.24) is 10.2 Å². The summed E-state index contributed by atoms with van der Waals surface area (Å²) in [6.45, 7) is 7.65. The van der Waals surface area contributed by atoms with E-state index in [1.807, 2.05) is 18.7 Å². The van der Waals surface area contributed by atoms with Crippen LogP contribution in [0.3, 0.4) is 0 Å². The Labute approximate surface area is 115 Å². The molecule has 0 aliphatic carbocycles. The SMILES string of the molecule is COC(=O)N[C@@H](C(=O)N1CCC[C@H](C)CC1)C(C)C. The minimum Gasteiger partial charge on any atom is -0.453 e. The Morgan fingerprint density at radius 3 is 2.53 bits per heavy atom. The van der Waals surface area contributed by atoms with Gasteiger partial charge in [0.1, 0.15) is 6.04 Å². The number of amides is 2. The van der Waals surface area contributed by atoms with Gasteiger partial charge in [0.2, 0.25) is 5.91 Å². The number of likely N-dealkylation sites (tertiary alicyclic amines) is 1. The molecule has 1 fully saturated rings. The van der Waals surface area contributed by atoms with E-state index in [0.29, 0.717) is 5.92 Å². The number of rotatable bonds is 3. The van der Waals surface area contributed by atoms with E-state index >= 15 is 0 Å². The molecule has 110 valence electrons. The Hall–Kier alpha value is -1.26. The van der Waals surface area contributed by atoms with Gasteiger partial charge in [-0.1, -0.05) is 20.8 Å². The molecule has 0 aromatic rings. The van der Waals surface area contributed by atoms with Gasteiger partial charge >= 0.3 is 6.09 Å². The first-order valence-electron chi connectivity index (χ1n) is 7.09. The number of hydrogen-bond acceptors (Lipinski definition) is 3. The molecule has 0 bridgehead atoms. The van der Waals surface area contributed by atoms with Gasteiger partial charge in [-0.15, -0.1) is 0 Å². The van der Waals surface area contributed by atoms with E-state index in [1.165, 1.54) is 13.5 Å². The fraction of sp³-hybridized carbons (Fsp3) is 0.857. The molecular weight excluding hydrogens is 244 g/mol. The number of nitrogens with one attached hydrogen (secondary N) is 1. The minimum atomic E-state index is -0.546. The molecule has 1 N–H and O–H groups in total. The van der Waals surface area contributed by atoms with Crippen LogP contribution in [0, 0.1) is 11.8 Å². The summed E-state index contributed by atoms with van der Waals surface area (Å²) in [6.07, 6.45) is 2.70. The fourth-order valence-electron chi connectivity index (χ4n) is 2.38. The second kappa shape index (κ2) is 7.36. The van der Waals surface area contributed by atoms with E-state index in [2.05, 4.69) is 17.0 Å². The molecular formula is C14H26N2O3. The topological polar surface area (TPSA) is 58.6 Å². The number of carbonyl (C=O) groups is 2. The maximum atomic E-state index is 12.5. The molecule has 0 aromatic carbocycles. The Morgan fingerprint density at radius 2 is 1.95 bits per heavy atom. The molecule has 1 aliphatic heterocycles. The Morgan fingerprint density at radius 1 is 1.26 bits per heavy atom. The molecule has 0 spiro atoms. The van der Waals surface area contributed by atoms with Crippen molar-refractivity contribution >= 4 is 12.0 Å². The lowest BCUT2D eigenvalue weighted by atomic mass is 10.0. The molecule has 1 aliphatic rings. The highest BCUT2D eigenvalue weighted by molar-refractivity contribution is 5.86. The summed E-state index contributed by atoms with van der Waals surface area (Å²) in [5.41, 5.74) is 0. The lowest BCUT2D eigenvalue weighted by Gasteiger charge is -2.28. The molecule has 0 radical (unpaired) electrons. The number of ether oxygens (including phenoxy) is 1. The van der Waals surface area contributed by atoms with Gasteiger partial charge in [-0.2, -0.15) is 0 Å². The number of nitrogens with zero attached hydrogens (tertiary/aromatic N) is 1. The molecule has 0 aromatic heterocycles. The molecule has 1 saturated heterocycles. The summed E-state index contributed by atoms with van der Waals surface area (Å²) in [7, 11) is 1.31. The van der Waals surface area contributed by atoms with Gasteiger partial charge in [0.05, 0.1) is 7.11 Å². The summed E-state index contributed by atoms with van der Waals surface area (Å²) >= 11 is 0. The number of carbonyl (C=O) groups excluding carboxylic acids is 2. The van der Waals surface area contributed by atoms with Crippen molar-refractivity contribution in [3.8, 4) is 0 Å². The van der Waals surface area contributed by atoms with Crippen molar-refractivity contribution in [2.24, 2.45) is 11.8 Å². The quantitative estimate of drug-likeness (QED) is 0.853. The molecule has 19 heavy (non-hydrogen) atoms. The van der Waals surface area contributed by atoms with Crippen LogP contribution in [0.25, 0.3) is 0 Å². The van der Waals surface area contributed by atoms with Crippen LogP contribution in [0.5, 0.6) is 0 Å². The highest BCUT2D eigenvalue weighted by Gasteiger charge is 2.29. The Kier molecular flexibility index (Phi) is 6.12. The average molecular weight is 270 g/mol. The van der Waals surface area contributed by atoms with Crippen LogP contribution in [0.1, 0.15) is 40.0 Å². The normalized spacial score (nSPS) is 21.7. The molecule has 0 saturated carbocycles. The minimum absolute atomic E-state index is 0.00880. The number of hydrogen-bond donors (Lipinski definition) is 1. The maximum Gasteiger partial charge on any atom is 0.407 e. The first-order chi connectivity index (χ1) is 8.95. The zero-order valence-corrected chi connectivity index (χ0v) is 12.4. The predicted molar refractivity (Wildman–Crippen MR) is 73.8 cm³/mol. The van der Waals surface area contributed by atoms with Crippen LogP contribution >= 0.6 is 0 Å². The van der Waals surface area contributed by atoms with Crippen molar-refractivity contribution in [3.63, 3.8) is 0 Å². The summed E-state index contributed by atoms with van der Waals surface area (Å²) in [5.74, 6) is 0.727. The van der Waals surface area contributed by atoms with Crippen molar-refractivity contribution in [1.29, 1.82) is 0 Å². The van der Waals surface area contributed by atoms with E-state index < -0.39 is 12.1 Å². The van der Waals surface area contributed by atoms with Gasteiger partial charge in [0.15, 0.2) is 0 Å². The molecule has 2 atom stereocenters. The molecule has 5 nitrogen and oxygen atoms in total. The molecule has 5 heteroatoms. The molecule has 1 rings (SSSR count). The van der Waals surface area contributed by atoms with Gasteiger partial charge in [0.25, 0.3) is 0 Å². The van der Waals surface area contributed by atoms with Gasteiger partial charge in [0, 0.05) is 13.1 Å². The van der Waals surface area contributed by atoms with Crippen molar-refractivity contribution in [2.75, 3.05) is 20.2 Å². The standard InChI is InChI=1S/C14H26N2O3/c1-10(2)12(15-14(18)19-4)13(17)16-8-5-6-11(3)7-9-16/h10-12H,5-9H2,1-4H3,(H,15,18)/t11-,12+/m0/s1. The van der Waals surface area contributed by atoms with Crippen molar-refractivity contribution < 1.29 is 14.3 Å². The fourth-order valence-corrected chi connectivity index (χ4v) is 2.38. The average Bonchev–Trinajstić information content (AvgIpc) is 2.59. The summed E-state index contributed by atoms with van der Waals surface area (Å²) in [5, 5.41) is 2.64. The van der Waals surface area contributed by atoms with Crippen LogP contribution in [0.4, 0.5) is 4.79 Å². The zero-order valence-electron chi connectivity index (χ0n) is 12.4. The van der Waals surface area contributed by atoms with Crippen molar-refractivity contribution in [2.45, 2.75) is 46.1 Å². The highest BCUT2D eigenvalue weighted by Crippen LogP contribution is 2.18. The van der Waals surface area contributed by atoms with E-state index in [4.69, 9.17) is 0 Å². The largest absolute Gasteiger partial charge is 0.453 e. The molecule has 2 amide bonds. The van der Waals surface area contributed by atoms with Gasteiger partial charge in [-0.3, -0.25) is 4.79 Å². The molecule has 1 heterocycles. The summed E-state index contributed by atoms with van der Waals surface area (Å²) in [4.78, 5) is 25.7. The van der Waals surface area contributed by atoms with Crippen LogP contribution in [0.2, 0.25) is 0 Å². The van der Waals surface area contributed by atoms with Gasteiger partial charge < -0.3 is 15.0 Å². The van der Waals surface area contributed by atoms with Crippen molar-refractivity contribution in [3.05, 3.63) is 0 Å². The summed E-state index contributed by atoms with van der Waals surface area (Å²) < 4.78 is 4.59. The first kappa shape index (κ1) is 15.8. The van der Waals surface area contributed by atoms with Crippen LogP contribution in [-0.2, 0) is 9.53 Å². The second-order valence-corrected chi connectivity index (χ2v) is 5.72. The smallest absolute Gasteiger partial charge is 0.407 e. The maximum absolute atomic E-state index is 12.5. The van der Waals surface area contributed by atoms with Crippen LogP contribution in [0.15, 0.2) is 0 Å². The van der Waals surface area contributed by atoms with E-state index in [9.17, 15) is 9.59 Å². The van der Waals surface area contributed by atoms with E-state index in [1.54, 1.807) is 0 Å². The predicted octanol–water partition coefficient (Wildman–Crippen LogP) is 2.02. The third kappa shape index (κ3) is 4.73. The first-order valence-corrected chi connectivity index (χ1v) is 7.09. The third-order valence-corrected chi connectivity index (χ3v) is 3.72. The monoisotopic (exact) mass is 270 g/mol. The van der Waals surface area contributed by atoms with Gasteiger partial charge in [-0.05, 0) is 31.1 Å². The summed E-state index contributed by atoms with van der Waals surface area (Å²) in [6, 6.07) is -0.499. The van der Waals surface area contributed by atoms with E-state index in [-0.39, 0.29) is 11.8 Å². The molecule has 0 unspecified atom stereocenters. The lowest BCUT2D eigenvalue weighted by molar-refractivity contribution is -0.134. The van der Waals surface area contributed by atoms with Gasteiger partial charge in [-0.25, -0.2) is 4.79 Å². The van der Waals surface area contributed by atoms with Crippen LogP contribution < -0.4 is 5.32 Å². The number of methoxy groups -OCH3 is 1. The Bertz CT molecular complexity index is 318. The zero-order chi connectivity index (χ0) is 14.4. The van der Waals surface area contributed by atoms with Crippen LogP contribution in [-0.4, -0.2) is 43.1 Å². The Balaban J connectivity index is 2.67. The third-order valence-electron chi connectivity index (χ3n) is 3.72. The second-order valence-electron chi connectivity index (χ2n) is 5.72. The highest BCUT2D eigenvalue weighted by atomic mass is 16.5.